The number of sulfonamides is 1. The molecule has 2 rings (SSSR count). The molecule has 1 heterocycles. The first-order valence-corrected chi connectivity index (χ1v) is 8.11. The van der Waals surface area contributed by atoms with Gasteiger partial charge in [0.15, 0.2) is 0 Å². The minimum absolute atomic E-state index is 0.0979. The van der Waals surface area contributed by atoms with E-state index >= 15 is 0 Å². The average molecular weight is 357 g/mol. The zero-order valence-electron chi connectivity index (χ0n) is 12.8. The van der Waals surface area contributed by atoms with Crippen molar-refractivity contribution in [2.75, 3.05) is 20.8 Å². The second-order valence-electron chi connectivity index (χ2n) is 4.51. The number of ether oxygens (including phenoxy) is 4. The molecule has 1 N–H and O–H groups in total. The largest absolute Gasteiger partial charge is 0.468 e. The maximum Gasteiger partial charge on any atom is 0.398 e. The van der Waals surface area contributed by atoms with Crippen LogP contribution in [-0.4, -0.2) is 41.1 Å². The lowest BCUT2D eigenvalue weighted by atomic mass is 10.1. The number of methoxy groups -OCH3 is 2. The molecule has 10 heteroatoms. The lowest BCUT2D eigenvalue weighted by molar-refractivity contribution is -0.203. The van der Waals surface area contributed by atoms with Crippen LogP contribution < -0.4 is 4.72 Å². The summed E-state index contributed by atoms with van der Waals surface area (Å²) in [5.41, 5.74) is -0.0979. The Morgan fingerprint density at radius 1 is 1.12 bits per heavy atom. The number of benzene rings is 1. The highest BCUT2D eigenvalue weighted by Crippen LogP contribution is 2.37. The van der Waals surface area contributed by atoms with Crippen molar-refractivity contribution < 1.29 is 37.0 Å². The minimum Gasteiger partial charge on any atom is -0.468 e. The number of rotatable bonds is 6. The second-order valence-corrected chi connectivity index (χ2v) is 6.25. The summed E-state index contributed by atoms with van der Waals surface area (Å²) in [6, 6.07) is 5.54. The fourth-order valence-corrected chi connectivity index (χ4v) is 3.23. The van der Waals surface area contributed by atoms with Gasteiger partial charge in [-0.1, -0.05) is 12.1 Å². The van der Waals surface area contributed by atoms with Gasteiger partial charge in [0.05, 0.1) is 24.7 Å². The van der Waals surface area contributed by atoms with Gasteiger partial charge in [0.1, 0.15) is 19.1 Å². The van der Waals surface area contributed by atoms with Crippen LogP contribution in [0.4, 0.5) is 0 Å². The van der Waals surface area contributed by atoms with Gasteiger partial charge >= 0.3 is 17.7 Å². The van der Waals surface area contributed by atoms with Crippen LogP contribution in [0.25, 0.3) is 0 Å². The van der Waals surface area contributed by atoms with Gasteiger partial charge in [-0.2, -0.15) is 4.72 Å². The van der Waals surface area contributed by atoms with Crippen LogP contribution in [0.1, 0.15) is 5.56 Å². The molecule has 130 valence electrons. The quantitative estimate of drug-likeness (QED) is 0.706. The van der Waals surface area contributed by atoms with E-state index in [1.807, 2.05) is 0 Å². The second kappa shape index (κ2) is 6.89. The van der Waals surface area contributed by atoms with E-state index in [0.717, 1.165) is 26.7 Å². The first-order chi connectivity index (χ1) is 11.4. The number of hydrogen-bond donors (Lipinski definition) is 1. The highest BCUT2D eigenvalue weighted by molar-refractivity contribution is 7.89. The molecule has 1 aromatic carbocycles. The molecule has 1 aliphatic heterocycles. The standard InChI is InChI=1S/C14H15NO8S/c1-20-12(16)9-15-24(18,19)11-6-4-3-5-10(11)14(13(17)21-2)22-7-8-23-14/h3-8,15H,9H2,1-2H3. The van der Waals surface area contributed by atoms with Crippen molar-refractivity contribution in [3.05, 3.63) is 42.4 Å². The summed E-state index contributed by atoms with van der Waals surface area (Å²) in [4.78, 5) is 23.0. The first kappa shape index (κ1) is 17.8. The molecule has 0 amide bonds. The highest BCUT2D eigenvalue weighted by atomic mass is 32.2. The van der Waals surface area contributed by atoms with Crippen LogP contribution >= 0.6 is 0 Å². The average Bonchev–Trinajstić information content (AvgIpc) is 3.10. The van der Waals surface area contributed by atoms with E-state index in [9.17, 15) is 18.0 Å². The Balaban J connectivity index is 2.47. The van der Waals surface area contributed by atoms with Gasteiger partial charge in [-0.25, -0.2) is 13.2 Å². The van der Waals surface area contributed by atoms with Crippen LogP contribution in [0.15, 0.2) is 41.7 Å². The third-order valence-electron chi connectivity index (χ3n) is 3.14. The number of nitrogens with one attached hydrogen (secondary N) is 1. The van der Waals surface area contributed by atoms with Crippen molar-refractivity contribution in [2.45, 2.75) is 10.7 Å². The van der Waals surface area contributed by atoms with E-state index in [1.54, 1.807) is 0 Å². The molecule has 1 aromatic rings. The van der Waals surface area contributed by atoms with Crippen molar-refractivity contribution in [3.63, 3.8) is 0 Å². The molecule has 0 atom stereocenters. The van der Waals surface area contributed by atoms with Crippen molar-refractivity contribution >= 4 is 22.0 Å². The van der Waals surface area contributed by atoms with Crippen LogP contribution in [0.5, 0.6) is 0 Å². The highest BCUT2D eigenvalue weighted by Gasteiger charge is 2.51. The zero-order chi connectivity index (χ0) is 17.8. The summed E-state index contributed by atoms with van der Waals surface area (Å²) < 4.78 is 46.5. The van der Waals surface area contributed by atoms with Crippen LogP contribution in [0, 0.1) is 0 Å². The molecule has 0 aromatic heterocycles. The number of carbonyl (C=O) groups is 2. The summed E-state index contributed by atoms with van der Waals surface area (Å²) in [5.74, 6) is -3.79. The molecule has 24 heavy (non-hydrogen) atoms. The summed E-state index contributed by atoms with van der Waals surface area (Å²) in [5, 5.41) is 0. The van der Waals surface area contributed by atoms with Gasteiger partial charge in [-0.05, 0) is 12.1 Å². The zero-order valence-corrected chi connectivity index (χ0v) is 13.7. The number of esters is 2. The Morgan fingerprint density at radius 2 is 1.75 bits per heavy atom. The molecule has 0 saturated carbocycles. The van der Waals surface area contributed by atoms with Gasteiger partial charge in [-0.3, -0.25) is 4.79 Å². The molecule has 0 fully saturated rings. The van der Waals surface area contributed by atoms with Crippen molar-refractivity contribution in [3.8, 4) is 0 Å². The first-order valence-electron chi connectivity index (χ1n) is 6.62. The van der Waals surface area contributed by atoms with Crippen molar-refractivity contribution in [1.29, 1.82) is 0 Å². The Hall–Kier alpha value is -2.59. The fourth-order valence-electron chi connectivity index (χ4n) is 2.02. The number of hydrogen-bond acceptors (Lipinski definition) is 8. The van der Waals surface area contributed by atoms with Crippen molar-refractivity contribution in [2.24, 2.45) is 0 Å². The monoisotopic (exact) mass is 357 g/mol. The van der Waals surface area contributed by atoms with Crippen LogP contribution in [0.2, 0.25) is 0 Å². The minimum atomic E-state index is -4.16. The Kier molecular flexibility index (Phi) is 5.10. The van der Waals surface area contributed by atoms with Gasteiger partial charge in [-0.15, -0.1) is 0 Å². The lowest BCUT2D eigenvalue weighted by Gasteiger charge is -2.26. The van der Waals surface area contributed by atoms with Crippen LogP contribution in [-0.2, 0) is 44.3 Å². The Labute approximate surface area is 138 Å². The molecule has 1 aliphatic rings. The fraction of sp³-hybridized carbons (Fsp3) is 0.286. The molecule has 0 unspecified atom stereocenters. The van der Waals surface area contributed by atoms with E-state index in [2.05, 4.69) is 14.2 Å². The van der Waals surface area contributed by atoms with E-state index in [1.165, 1.54) is 24.3 Å². The maximum atomic E-state index is 12.5. The van der Waals surface area contributed by atoms with E-state index in [4.69, 9.17) is 9.47 Å². The predicted molar refractivity (Wildman–Crippen MR) is 78.7 cm³/mol. The van der Waals surface area contributed by atoms with E-state index in [0.29, 0.717) is 0 Å². The smallest absolute Gasteiger partial charge is 0.398 e. The molecular weight excluding hydrogens is 342 g/mol. The van der Waals surface area contributed by atoms with E-state index in [-0.39, 0.29) is 10.5 Å². The summed E-state index contributed by atoms with van der Waals surface area (Å²) in [6.45, 7) is -0.571. The third kappa shape index (κ3) is 3.19. The maximum absolute atomic E-state index is 12.5. The van der Waals surface area contributed by atoms with Gasteiger partial charge in [0.2, 0.25) is 10.0 Å². The molecule has 9 nitrogen and oxygen atoms in total. The SMILES string of the molecule is COC(=O)CNS(=O)(=O)c1ccccc1C1(C(=O)OC)OC=CO1. The molecule has 0 radical (unpaired) electrons. The lowest BCUT2D eigenvalue weighted by Crippen LogP contribution is -2.40. The molecule has 0 aliphatic carbocycles. The van der Waals surface area contributed by atoms with Gasteiger partial charge < -0.3 is 18.9 Å². The normalized spacial score (nSPS) is 15.2. The molecule has 0 saturated heterocycles. The van der Waals surface area contributed by atoms with Gasteiger partial charge in [0.25, 0.3) is 0 Å². The third-order valence-corrected chi connectivity index (χ3v) is 4.60. The Bertz CT molecular complexity index is 763. The summed E-state index contributed by atoms with van der Waals surface area (Å²) >= 11 is 0. The topological polar surface area (TPSA) is 117 Å². The van der Waals surface area contributed by atoms with Crippen molar-refractivity contribution in [1.82, 2.24) is 4.72 Å². The summed E-state index contributed by atoms with van der Waals surface area (Å²) in [7, 11) is -1.92. The van der Waals surface area contributed by atoms with E-state index < -0.39 is 34.3 Å². The number of carbonyl (C=O) groups excluding carboxylic acids is 2. The van der Waals surface area contributed by atoms with Crippen LogP contribution in [0.3, 0.4) is 0 Å². The molecule has 0 bridgehead atoms. The molecular formula is C14H15NO8S. The molecule has 0 spiro atoms. The summed E-state index contributed by atoms with van der Waals surface area (Å²) in [6.07, 6.45) is 2.20. The predicted octanol–water partition coefficient (Wildman–Crippen LogP) is -0.0183. The van der Waals surface area contributed by atoms with Gasteiger partial charge in [0, 0.05) is 0 Å². The Morgan fingerprint density at radius 3 is 2.33 bits per heavy atom.